The number of pyridine rings is 1. The Morgan fingerprint density at radius 3 is 3.00 bits per heavy atom. The molecule has 1 amide bonds. The Morgan fingerprint density at radius 1 is 1.33 bits per heavy atom. The maximum atomic E-state index is 13.3. The first kappa shape index (κ1) is 15.2. The number of halogens is 1. The molecule has 0 saturated heterocycles. The summed E-state index contributed by atoms with van der Waals surface area (Å²) in [6.45, 7) is 0. The Hall–Kier alpha value is -2.34. The van der Waals surface area contributed by atoms with Crippen LogP contribution in [0.4, 0.5) is 4.39 Å². The van der Waals surface area contributed by atoms with Crippen LogP contribution in [-0.2, 0) is 0 Å². The van der Waals surface area contributed by atoms with Crippen LogP contribution < -0.4 is 5.32 Å². The first-order valence-corrected chi connectivity index (χ1v) is 8.97. The lowest BCUT2D eigenvalue weighted by Gasteiger charge is -2.04. The number of nitrogens with one attached hydrogen (secondary N) is 1. The second-order valence-corrected chi connectivity index (χ2v) is 6.65. The molecule has 0 spiro atoms. The van der Waals surface area contributed by atoms with Crippen LogP contribution in [-0.4, -0.2) is 27.6 Å². The topological polar surface area (TPSA) is 46.4 Å². The molecule has 2 heterocycles. The van der Waals surface area contributed by atoms with Gasteiger partial charge in [0.05, 0.1) is 5.52 Å². The third-order valence-corrected chi connectivity index (χ3v) is 4.95. The zero-order valence-corrected chi connectivity index (χ0v) is 13.9. The van der Waals surface area contributed by atoms with Crippen molar-refractivity contribution in [2.75, 3.05) is 6.26 Å². The SMILES string of the molecule is CSc1nc(C(=O)N[C@H]2C[C@H]2c2cccc(F)c2)c2ccccn12. The predicted octanol–water partition coefficient (Wildman–Crippen LogP) is 3.48. The van der Waals surface area contributed by atoms with Crippen LogP contribution in [0.2, 0.25) is 0 Å². The van der Waals surface area contributed by atoms with Crippen molar-refractivity contribution in [2.24, 2.45) is 0 Å². The minimum absolute atomic E-state index is 0.0393. The Morgan fingerprint density at radius 2 is 2.21 bits per heavy atom. The molecular weight excluding hydrogens is 325 g/mol. The quantitative estimate of drug-likeness (QED) is 0.739. The lowest BCUT2D eigenvalue weighted by Crippen LogP contribution is -2.27. The average Bonchev–Trinajstić information content (AvgIpc) is 3.25. The van der Waals surface area contributed by atoms with E-state index >= 15 is 0 Å². The average molecular weight is 341 g/mol. The van der Waals surface area contributed by atoms with Gasteiger partial charge < -0.3 is 5.32 Å². The summed E-state index contributed by atoms with van der Waals surface area (Å²) >= 11 is 1.50. The van der Waals surface area contributed by atoms with Crippen molar-refractivity contribution in [3.8, 4) is 0 Å². The number of nitrogens with zero attached hydrogens (tertiary/aromatic N) is 2. The highest BCUT2D eigenvalue weighted by Crippen LogP contribution is 2.41. The van der Waals surface area contributed by atoms with E-state index in [4.69, 9.17) is 0 Å². The van der Waals surface area contributed by atoms with Gasteiger partial charge in [0.1, 0.15) is 5.82 Å². The molecule has 1 aliphatic rings. The van der Waals surface area contributed by atoms with Gasteiger partial charge in [-0.15, -0.1) is 0 Å². The minimum atomic E-state index is -0.241. The standard InChI is InChI=1S/C18H16FN3OS/c1-24-18-21-16(15-7-2-3-8-22(15)18)17(23)20-14-10-13(14)11-5-4-6-12(19)9-11/h2-9,13-14H,10H2,1H3,(H,20,23)/t13-,14-/m0/s1. The third-order valence-electron chi connectivity index (χ3n) is 4.30. The lowest BCUT2D eigenvalue weighted by molar-refractivity contribution is 0.0947. The van der Waals surface area contributed by atoms with Gasteiger partial charge in [0, 0.05) is 18.2 Å². The van der Waals surface area contributed by atoms with Gasteiger partial charge >= 0.3 is 0 Å². The summed E-state index contributed by atoms with van der Waals surface area (Å²) < 4.78 is 15.2. The minimum Gasteiger partial charge on any atom is -0.347 e. The molecule has 24 heavy (non-hydrogen) atoms. The Bertz CT molecular complexity index is 924. The largest absolute Gasteiger partial charge is 0.347 e. The highest BCUT2D eigenvalue weighted by molar-refractivity contribution is 7.98. The molecule has 1 aromatic carbocycles. The van der Waals surface area contributed by atoms with Gasteiger partial charge in [0.2, 0.25) is 0 Å². The van der Waals surface area contributed by atoms with Crippen LogP contribution in [0.5, 0.6) is 0 Å². The molecule has 0 radical (unpaired) electrons. The number of thioether (sulfide) groups is 1. The number of fused-ring (bicyclic) bond motifs is 1. The fraction of sp³-hybridized carbons (Fsp3) is 0.222. The van der Waals surface area contributed by atoms with Gasteiger partial charge in [0.25, 0.3) is 5.91 Å². The Kier molecular flexibility index (Phi) is 3.76. The van der Waals surface area contributed by atoms with E-state index in [1.165, 1.54) is 23.9 Å². The number of benzene rings is 1. The molecule has 1 aliphatic carbocycles. The van der Waals surface area contributed by atoms with Gasteiger partial charge in [-0.1, -0.05) is 30.0 Å². The van der Waals surface area contributed by atoms with Crippen molar-refractivity contribution in [1.82, 2.24) is 14.7 Å². The number of hydrogen-bond donors (Lipinski definition) is 1. The molecule has 0 unspecified atom stereocenters. The van der Waals surface area contributed by atoms with Crippen molar-refractivity contribution in [3.05, 3.63) is 65.7 Å². The summed E-state index contributed by atoms with van der Waals surface area (Å²) in [6.07, 6.45) is 4.66. The van der Waals surface area contributed by atoms with E-state index in [0.717, 1.165) is 22.7 Å². The Labute approximate surface area is 143 Å². The van der Waals surface area contributed by atoms with Crippen LogP contribution in [0, 0.1) is 5.82 Å². The monoisotopic (exact) mass is 341 g/mol. The molecule has 3 aromatic rings. The van der Waals surface area contributed by atoms with Crippen molar-refractivity contribution >= 4 is 23.2 Å². The number of carbonyl (C=O) groups is 1. The Balaban J connectivity index is 1.54. The molecule has 1 saturated carbocycles. The number of rotatable bonds is 4. The lowest BCUT2D eigenvalue weighted by atomic mass is 10.1. The smallest absolute Gasteiger partial charge is 0.272 e. The predicted molar refractivity (Wildman–Crippen MR) is 92.0 cm³/mol. The summed E-state index contributed by atoms with van der Waals surface area (Å²) in [6, 6.07) is 12.3. The molecule has 1 N–H and O–H groups in total. The summed E-state index contributed by atoms with van der Waals surface area (Å²) in [5.74, 6) is -0.240. The van der Waals surface area contributed by atoms with Gasteiger partial charge in [-0.25, -0.2) is 9.37 Å². The van der Waals surface area contributed by atoms with Crippen LogP contribution in [0.25, 0.3) is 5.52 Å². The number of aromatic nitrogens is 2. The van der Waals surface area contributed by atoms with Crippen LogP contribution >= 0.6 is 11.8 Å². The molecule has 1 fully saturated rings. The highest BCUT2D eigenvalue weighted by atomic mass is 32.2. The first-order chi connectivity index (χ1) is 11.7. The second kappa shape index (κ2) is 5.94. The zero-order chi connectivity index (χ0) is 16.7. The van der Waals surface area contributed by atoms with E-state index in [1.807, 2.05) is 41.1 Å². The number of hydrogen-bond acceptors (Lipinski definition) is 3. The van der Waals surface area contributed by atoms with Crippen LogP contribution in [0.3, 0.4) is 0 Å². The van der Waals surface area contributed by atoms with Crippen LogP contribution in [0.1, 0.15) is 28.4 Å². The van der Waals surface area contributed by atoms with E-state index in [-0.39, 0.29) is 23.7 Å². The van der Waals surface area contributed by atoms with Gasteiger partial charge in [0.15, 0.2) is 10.9 Å². The highest BCUT2D eigenvalue weighted by Gasteiger charge is 2.40. The molecular formula is C18H16FN3OS. The fourth-order valence-electron chi connectivity index (χ4n) is 3.02. The molecule has 0 bridgehead atoms. The molecule has 4 nitrogen and oxygen atoms in total. The van der Waals surface area contributed by atoms with Crippen molar-refractivity contribution in [2.45, 2.75) is 23.5 Å². The van der Waals surface area contributed by atoms with Crippen molar-refractivity contribution in [1.29, 1.82) is 0 Å². The van der Waals surface area contributed by atoms with Crippen LogP contribution in [0.15, 0.2) is 53.8 Å². The van der Waals surface area contributed by atoms with E-state index in [1.54, 1.807) is 6.07 Å². The summed E-state index contributed by atoms with van der Waals surface area (Å²) in [4.78, 5) is 17.1. The number of carbonyl (C=O) groups excluding carboxylic acids is 1. The van der Waals surface area contributed by atoms with E-state index in [2.05, 4.69) is 10.3 Å². The maximum Gasteiger partial charge on any atom is 0.272 e. The molecule has 2 aromatic heterocycles. The first-order valence-electron chi connectivity index (χ1n) is 7.75. The van der Waals surface area contributed by atoms with E-state index in [0.29, 0.717) is 5.69 Å². The summed E-state index contributed by atoms with van der Waals surface area (Å²) in [5.41, 5.74) is 2.16. The number of amides is 1. The summed E-state index contributed by atoms with van der Waals surface area (Å²) in [7, 11) is 0. The van der Waals surface area contributed by atoms with Gasteiger partial charge in [-0.3, -0.25) is 9.20 Å². The van der Waals surface area contributed by atoms with Gasteiger partial charge in [-0.05, 0) is 42.5 Å². The molecule has 4 rings (SSSR count). The van der Waals surface area contributed by atoms with Crippen molar-refractivity contribution in [3.63, 3.8) is 0 Å². The fourth-order valence-corrected chi connectivity index (χ4v) is 3.56. The third kappa shape index (κ3) is 2.67. The van der Waals surface area contributed by atoms with Crippen molar-refractivity contribution < 1.29 is 9.18 Å². The molecule has 122 valence electrons. The molecule has 0 aliphatic heterocycles. The number of imidazole rings is 1. The molecule has 6 heteroatoms. The normalized spacial score (nSPS) is 19.4. The van der Waals surface area contributed by atoms with E-state index in [9.17, 15) is 9.18 Å². The van der Waals surface area contributed by atoms with Gasteiger partial charge in [-0.2, -0.15) is 0 Å². The maximum absolute atomic E-state index is 13.3. The summed E-state index contributed by atoms with van der Waals surface area (Å²) in [5, 5.41) is 3.81. The van der Waals surface area contributed by atoms with E-state index < -0.39 is 0 Å². The zero-order valence-electron chi connectivity index (χ0n) is 13.1. The second-order valence-electron chi connectivity index (χ2n) is 5.88. The molecule has 2 atom stereocenters.